The van der Waals surface area contributed by atoms with Crippen LogP contribution in [-0.2, 0) is 6.54 Å². The largest absolute Gasteiger partial charge is 0.478 e. The fourth-order valence-corrected chi connectivity index (χ4v) is 4.09. The molecule has 0 spiro atoms. The number of ether oxygens (including phenoxy) is 1. The van der Waals surface area contributed by atoms with E-state index in [9.17, 15) is 14.7 Å². The van der Waals surface area contributed by atoms with Gasteiger partial charge in [-0.1, -0.05) is 60.1 Å². The van der Waals surface area contributed by atoms with Gasteiger partial charge < -0.3 is 14.7 Å². The van der Waals surface area contributed by atoms with E-state index >= 15 is 0 Å². The zero-order valence-corrected chi connectivity index (χ0v) is 21.3. The average molecular weight is 536 g/mol. The van der Waals surface area contributed by atoms with Gasteiger partial charge in [-0.2, -0.15) is 0 Å². The van der Waals surface area contributed by atoms with Crippen molar-refractivity contribution in [2.75, 3.05) is 4.90 Å². The molecule has 1 aromatic heterocycles. The van der Waals surface area contributed by atoms with Gasteiger partial charge in [0.2, 0.25) is 11.6 Å². The Kier molecular flexibility index (Phi) is 7.61. The molecule has 1 N–H and O–H groups in total. The standard InChI is InChI=1S/C31H22ClN3O4/c32-23-12-14-24(15-13-23)35(20-21-7-3-1-4-8-21)25-18-33-30(34-19-25)29(36)22-11-16-28(27(17-22)31(37)38)39-26-9-5-2-6-10-26/h1-19H,20H2,(H,37,38). The van der Waals surface area contributed by atoms with Crippen molar-refractivity contribution in [1.82, 2.24) is 9.97 Å². The van der Waals surface area contributed by atoms with E-state index in [0.717, 1.165) is 11.3 Å². The molecular formula is C31H22ClN3O4. The number of hydrogen-bond donors (Lipinski definition) is 1. The molecule has 0 aliphatic rings. The number of carboxylic acid groups (broad SMARTS) is 1. The van der Waals surface area contributed by atoms with Crippen molar-refractivity contribution in [3.63, 3.8) is 0 Å². The minimum absolute atomic E-state index is 0.0532. The van der Waals surface area contributed by atoms with Crippen LogP contribution in [0.1, 0.15) is 32.1 Å². The number of para-hydroxylation sites is 1. The number of rotatable bonds is 9. The van der Waals surface area contributed by atoms with Crippen LogP contribution in [0.2, 0.25) is 5.02 Å². The Morgan fingerprint density at radius 3 is 2.08 bits per heavy atom. The summed E-state index contributed by atoms with van der Waals surface area (Å²) in [5.74, 6) is -1.16. The number of aromatic nitrogens is 2. The molecule has 0 bridgehead atoms. The van der Waals surface area contributed by atoms with Crippen LogP contribution >= 0.6 is 11.6 Å². The fourth-order valence-electron chi connectivity index (χ4n) is 3.97. The number of nitrogens with zero attached hydrogens (tertiary/aromatic N) is 3. The summed E-state index contributed by atoms with van der Waals surface area (Å²) >= 11 is 6.09. The summed E-state index contributed by atoms with van der Waals surface area (Å²) in [5.41, 5.74) is 2.63. The van der Waals surface area contributed by atoms with Crippen LogP contribution in [0.15, 0.2) is 116 Å². The van der Waals surface area contributed by atoms with Crippen molar-refractivity contribution in [2.24, 2.45) is 0 Å². The summed E-state index contributed by atoms with van der Waals surface area (Å²) < 4.78 is 5.71. The van der Waals surface area contributed by atoms with Crippen LogP contribution < -0.4 is 9.64 Å². The van der Waals surface area contributed by atoms with E-state index in [4.69, 9.17) is 16.3 Å². The Labute approximate surface area is 229 Å². The molecule has 0 amide bonds. The van der Waals surface area contributed by atoms with E-state index in [-0.39, 0.29) is 22.7 Å². The third-order valence-corrected chi connectivity index (χ3v) is 6.17. The number of carbonyl (C=O) groups is 2. The van der Waals surface area contributed by atoms with Crippen LogP contribution in [0.25, 0.3) is 0 Å². The first-order valence-electron chi connectivity index (χ1n) is 12.0. The van der Waals surface area contributed by atoms with Crippen LogP contribution in [0.5, 0.6) is 11.5 Å². The summed E-state index contributed by atoms with van der Waals surface area (Å²) in [4.78, 5) is 35.7. The average Bonchev–Trinajstić information content (AvgIpc) is 2.97. The molecule has 0 saturated heterocycles. The van der Waals surface area contributed by atoms with Gasteiger partial charge in [-0.05, 0) is 60.2 Å². The van der Waals surface area contributed by atoms with Crippen molar-refractivity contribution in [3.8, 4) is 11.5 Å². The second-order valence-electron chi connectivity index (χ2n) is 8.57. The molecule has 0 aliphatic heterocycles. The molecule has 1 heterocycles. The minimum Gasteiger partial charge on any atom is -0.478 e. The van der Waals surface area contributed by atoms with Gasteiger partial charge in [0, 0.05) is 22.8 Å². The predicted molar refractivity (Wildman–Crippen MR) is 149 cm³/mol. The number of aromatic carboxylic acids is 1. The molecule has 0 radical (unpaired) electrons. The second-order valence-corrected chi connectivity index (χ2v) is 9.01. The Bertz CT molecular complexity index is 1590. The molecular weight excluding hydrogens is 514 g/mol. The highest BCUT2D eigenvalue weighted by molar-refractivity contribution is 6.30. The maximum absolute atomic E-state index is 13.2. The lowest BCUT2D eigenvalue weighted by Crippen LogP contribution is -2.18. The lowest BCUT2D eigenvalue weighted by molar-refractivity contribution is 0.0694. The van der Waals surface area contributed by atoms with Gasteiger partial charge in [0.25, 0.3) is 0 Å². The number of anilines is 2. The van der Waals surface area contributed by atoms with E-state index in [1.54, 1.807) is 48.8 Å². The zero-order chi connectivity index (χ0) is 27.2. The Morgan fingerprint density at radius 1 is 0.795 bits per heavy atom. The number of benzene rings is 4. The summed E-state index contributed by atoms with van der Waals surface area (Å²) in [6, 6.07) is 30.4. The molecule has 8 heteroatoms. The van der Waals surface area contributed by atoms with Gasteiger partial charge in [0.05, 0.1) is 18.1 Å². The Balaban J connectivity index is 1.41. The summed E-state index contributed by atoms with van der Waals surface area (Å²) in [6.07, 6.45) is 3.14. The molecule has 39 heavy (non-hydrogen) atoms. The molecule has 0 aliphatic carbocycles. The quantitative estimate of drug-likeness (QED) is 0.200. The van der Waals surface area contributed by atoms with Crippen LogP contribution in [0.4, 0.5) is 11.4 Å². The third-order valence-electron chi connectivity index (χ3n) is 5.92. The maximum atomic E-state index is 13.2. The number of carbonyl (C=O) groups excluding carboxylic acids is 1. The van der Waals surface area contributed by atoms with Gasteiger partial charge in [-0.25, -0.2) is 14.8 Å². The molecule has 5 rings (SSSR count). The number of ketones is 1. The molecule has 4 aromatic carbocycles. The number of hydrogen-bond acceptors (Lipinski definition) is 6. The molecule has 5 aromatic rings. The Morgan fingerprint density at radius 2 is 1.44 bits per heavy atom. The molecule has 0 unspecified atom stereocenters. The highest BCUT2D eigenvalue weighted by Crippen LogP contribution is 2.29. The Hall–Kier alpha value is -5.01. The van der Waals surface area contributed by atoms with Crippen molar-refractivity contribution in [1.29, 1.82) is 0 Å². The normalized spacial score (nSPS) is 10.6. The second kappa shape index (κ2) is 11.6. The summed E-state index contributed by atoms with van der Waals surface area (Å²) in [5, 5.41) is 10.3. The highest BCUT2D eigenvalue weighted by atomic mass is 35.5. The van der Waals surface area contributed by atoms with Crippen LogP contribution in [0.3, 0.4) is 0 Å². The van der Waals surface area contributed by atoms with Crippen molar-refractivity contribution >= 4 is 34.7 Å². The monoisotopic (exact) mass is 535 g/mol. The van der Waals surface area contributed by atoms with Crippen molar-refractivity contribution in [3.05, 3.63) is 143 Å². The first kappa shape index (κ1) is 25.6. The van der Waals surface area contributed by atoms with Crippen LogP contribution in [-0.4, -0.2) is 26.8 Å². The first-order chi connectivity index (χ1) is 19.0. The van der Waals surface area contributed by atoms with Gasteiger partial charge in [0.1, 0.15) is 17.1 Å². The van der Waals surface area contributed by atoms with E-state index in [0.29, 0.717) is 23.0 Å². The number of halogens is 1. The fraction of sp³-hybridized carbons (Fsp3) is 0.0323. The van der Waals surface area contributed by atoms with Crippen molar-refractivity contribution < 1.29 is 19.4 Å². The zero-order valence-electron chi connectivity index (χ0n) is 20.6. The lowest BCUT2D eigenvalue weighted by Gasteiger charge is -2.24. The van der Waals surface area contributed by atoms with Gasteiger partial charge >= 0.3 is 5.97 Å². The van der Waals surface area contributed by atoms with E-state index in [1.807, 2.05) is 53.4 Å². The van der Waals surface area contributed by atoms with E-state index in [2.05, 4.69) is 9.97 Å². The number of carboxylic acids is 1. The highest BCUT2D eigenvalue weighted by Gasteiger charge is 2.20. The third kappa shape index (κ3) is 6.11. The molecule has 0 saturated carbocycles. The predicted octanol–water partition coefficient (Wildman–Crippen LogP) is 7.19. The topological polar surface area (TPSA) is 92.6 Å². The molecule has 192 valence electrons. The lowest BCUT2D eigenvalue weighted by atomic mass is 10.1. The first-order valence-corrected chi connectivity index (χ1v) is 12.4. The van der Waals surface area contributed by atoms with E-state index in [1.165, 1.54) is 18.2 Å². The maximum Gasteiger partial charge on any atom is 0.339 e. The van der Waals surface area contributed by atoms with Gasteiger partial charge in [-0.3, -0.25) is 4.79 Å². The molecule has 7 nitrogen and oxygen atoms in total. The van der Waals surface area contributed by atoms with Crippen LogP contribution in [0, 0.1) is 0 Å². The summed E-state index contributed by atoms with van der Waals surface area (Å²) in [7, 11) is 0. The SMILES string of the molecule is O=C(c1ccc(Oc2ccccc2)c(C(=O)O)c1)c1ncc(N(Cc2ccccc2)c2ccc(Cl)cc2)cn1. The van der Waals surface area contributed by atoms with E-state index < -0.39 is 11.8 Å². The minimum atomic E-state index is -1.22. The van der Waals surface area contributed by atoms with Gasteiger partial charge in [-0.15, -0.1) is 0 Å². The van der Waals surface area contributed by atoms with Gasteiger partial charge in [0.15, 0.2) is 0 Å². The summed E-state index contributed by atoms with van der Waals surface area (Å²) in [6.45, 7) is 0.546. The van der Waals surface area contributed by atoms with Crippen molar-refractivity contribution in [2.45, 2.75) is 6.54 Å². The smallest absolute Gasteiger partial charge is 0.339 e. The molecule has 0 atom stereocenters. The molecule has 0 fully saturated rings.